The summed E-state index contributed by atoms with van der Waals surface area (Å²) >= 11 is 6.23. The van der Waals surface area contributed by atoms with E-state index in [1.165, 1.54) is 6.07 Å². The first-order valence-electron chi connectivity index (χ1n) is 5.85. The van der Waals surface area contributed by atoms with E-state index < -0.39 is 40.0 Å². The Bertz CT molecular complexity index is 906. The number of carbonyl (C=O) groups is 2. The summed E-state index contributed by atoms with van der Waals surface area (Å²) in [5.41, 5.74) is 2.70. The van der Waals surface area contributed by atoms with E-state index in [0.717, 1.165) is 6.07 Å². The maximum Gasteiger partial charge on any atom is 0.342 e. The lowest BCUT2D eigenvalue weighted by Gasteiger charge is -2.14. The summed E-state index contributed by atoms with van der Waals surface area (Å²) in [5, 5.41) is 28.4. The van der Waals surface area contributed by atoms with E-state index in [9.17, 15) is 29.7 Å². The van der Waals surface area contributed by atoms with Gasteiger partial charge in [0.2, 0.25) is 0 Å². The molecule has 0 aliphatic heterocycles. The van der Waals surface area contributed by atoms with Gasteiger partial charge in [0.25, 0.3) is 5.56 Å². The fourth-order valence-electron chi connectivity index (χ4n) is 2.05. The number of aromatic nitrogens is 1. The largest absolute Gasteiger partial charge is 0.507 e. The molecule has 0 amide bonds. The molecule has 0 spiro atoms. The Morgan fingerprint density at radius 1 is 1.04 bits per heavy atom. The summed E-state index contributed by atoms with van der Waals surface area (Å²) in [6.07, 6.45) is 0. The van der Waals surface area contributed by atoms with E-state index >= 15 is 0 Å². The average molecular weight is 448 g/mol. The Morgan fingerprint density at radius 3 is 2.13 bits per heavy atom. The lowest BCUT2D eigenvalue weighted by Crippen LogP contribution is -2.24. The van der Waals surface area contributed by atoms with Crippen molar-refractivity contribution in [1.29, 1.82) is 0 Å². The van der Waals surface area contributed by atoms with E-state index in [1.807, 2.05) is 4.98 Å². The van der Waals surface area contributed by atoms with Crippen molar-refractivity contribution < 1.29 is 24.9 Å². The molecule has 1 aromatic heterocycles. The first kappa shape index (κ1) is 17.0. The third kappa shape index (κ3) is 2.94. The van der Waals surface area contributed by atoms with Gasteiger partial charge in [-0.15, -0.1) is 0 Å². The number of aromatic carboxylic acids is 2. The molecule has 0 saturated heterocycles. The maximum atomic E-state index is 11.9. The minimum atomic E-state index is -1.63. The average Bonchev–Trinajstić information content (AvgIpc) is 2.40. The van der Waals surface area contributed by atoms with Crippen LogP contribution in [-0.2, 0) is 0 Å². The summed E-state index contributed by atoms with van der Waals surface area (Å²) < 4.78 is 0.553. The number of pyridine rings is 1. The number of benzene rings is 1. The molecule has 1 aromatic carbocycles. The Morgan fingerprint density at radius 2 is 1.61 bits per heavy atom. The van der Waals surface area contributed by atoms with Crippen LogP contribution in [0.3, 0.4) is 0 Å². The van der Waals surface area contributed by atoms with Crippen molar-refractivity contribution >= 4 is 49.6 Å². The first-order valence-corrected chi connectivity index (χ1v) is 7.44. The monoisotopic (exact) mass is 446 g/mol. The number of anilines is 1. The zero-order valence-corrected chi connectivity index (χ0v) is 14.2. The number of carboxylic acid groups (broad SMARTS) is 2. The molecule has 6 N–H and O–H groups in total. The molecule has 0 unspecified atom stereocenters. The Balaban J connectivity index is 3.06. The number of aromatic hydroxyl groups is 1. The number of halogens is 2. The van der Waals surface area contributed by atoms with Crippen LogP contribution in [0, 0.1) is 0 Å². The van der Waals surface area contributed by atoms with Gasteiger partial charge in [-0.05, 0) is 28.1 Å². The molecule has 0 aliphatic rings. The number of H-pyrrole nitrogens is 1. The number of nitrogen functional groups attached to an aromatic ring is 1. The van der Waals surface area contributed by atoms with Crippen LogP contribution in [0.1, 0.15) is 20.7 Å². The highest BCUT2D eigenvalue weighted by atomic mass is 79.9. The fourth-order valence-corrected chi connectivity index (χ4v) is 3.24. The molecule has 0 bridgehead atoms. The van der Waals surface area contributed by atoms with Crippen LogP contribution < -0.4 is 11.3 Å². The Labute approximate surface area is 144 Å². The number of hydrogen-bond donors (Lipinski definition) is 5. The highest BCUT2D eigenvalue weighted by molar-refractivity contribution is 9.11. The van der Waals surface area contributed by atoms with Gasteiger partial charge >= 0.3 is 11.9 Å². The molecule has 120 valence electrons. The van der Waals surface area contributed by atoms with Crippen molar-refractivity contribution in [2.45, 2.75) is 0 Å². The van der Waals surface area contributed by atoms with Crippen molar-refractivity contribution in [1.82, 2.24) is 4.98 Å². The van der Waals surface area contributed by atoms with Gasteiger partial charge in [-0.2, -0.15) is 0 Å². The third-order valence-corrected chi connectivity index (χ3v) is 4.27. The molecule has 0 saturated carbocycles. The Kier molecular flexibility index (Phi) is 4.48. The molecular weight excluding hydrogens is 440 g/mol. The number of rotatable bonds is 3. The zero-order valence-electron chi connectivity index (χ0n) is 11.1. The normalized spacial score (nSPS) is 10.5. The number of aromatic amines is 1. The second kappa shape index (κ2) is 6.05. The zero-order chi connectivity index (χ0) is 17.5. The van der Waals surface area contributed by atoms with E-state index in [4.69, 9.17) is 5.73 Å². The standard InChI is InChI=1S/C13H8Br2N2O6/c14-4-2-5(15)6(18)1-3(4)7-8(12(20)21)10(16)17-11(19)9(7)13(22)23/h1-2,18H,(H,20,21)(H,22,23)(H3,16,17,19). The number of phenolic OH excluding ortho intramolecular Hbond substituents is 1. The number of nitrogens with one attached hydrogen (secondary N) is 1. The molecule has 23 heavy (non-hydrogen) atoms. The molecule has 0 atom stereocenters. The van der Waals surface area contributed by atoms with Gasteiger partial charge in [-0.1, -0.05) is 15.9 Å². The smallest absolute Gasteiger partial charge is 0.342 e. The minimum absolute atomic E-state index is 0.00157. The third-order valence-electron chi connectivity index (χ3n) is 2.98. The van der Waals surface area contributed by atoms with Crippen LogP contribution in [0.4, 0.5) is 5.82 Å². The topological polar surface area (TPSA) is 154 Å². The van der Waals surface area contributed by atoms with E-state index in [-0.39, 0.29) is 15.8 Å². The van der Waals surface area contributed by atoms with Gasteiger partial charge in [0, 0.05) is 15.6 Å². The highest BCUT2D eigenvalue weighted by Gasteiger charge is 2.28. The van der Waals surface area contributed by atoms with Gasteiger partial charge in [-0.25, -0.2) is 9.59 Å². The predicted molar refractivity (Wildman–Crippen MR) is 87.9 cm³/mol. The lowest BCUT2D eigenvalue weighted by molar-refractivity contribution is 0.0695. The molecule has 2 rings (SSSR count). The highest BCUT2D eigenvalue weighted by Crippen LogP contribution is 2.39. The van der Waals surface area contributed by atoms with E-state index in [1.54, 1.807) is 0 Å². The molecule has 0 fully saturated rings. The first-order chi connectivity index (χ1) is 10.6. The second-order valence-electron chi connectivity index (χ2n) is 4.39. The van der Waals surface area contributed by atoms with Crippen LogP contribution in [-0.4, -0.2) is 32.2 Å². The second-order valence-corrected chi connectivity index (χ2v) is 6.10. The Hall–Kier alpha value is -2.33. The predicted octanol–water partition coefficient (Wildman–Crippen LogP) is 2.25. The maximum absolute atomic E-state index is 11.9. The molecular formula is C13H8Br2N2O6. The molecule has 1 heterocycles. The van der Waals surface area contributed by atoms with Crippen LogP contribution in [0.5, 0.6) is 5.75 Å². The van der Waals surface area contributed by atoms with Crippen LogP contribution in [0.15, 0.2) is 25.9 Å². The van der Waals surface area contributed by atoms with E-state index in [0.29, 0.717) is 4.47 Å². The minimum Gasteiger partial charge on any atom is -0.507 e. The SMILES string of the molecule is Nc1[nH]c(=O)c(C(=O)O)c(-c2cc(O)c(Br)cc2Br)c1C(=O)O. The lowest BCUT2D eigenvalue weighted by atomic mass is 9.95. The summed E-state index contributed by atoms with van der Waals surface area (Å²) in [6.45, 7) is 0. The number of phenols is 1. The van der Waals surface area contributed by atoms with Crippen molar-refractivity contribution in [2.24, 2.45) is 0 Å². The van der Waals surface area contributed by atoms with Crippen molar-refractivity contribution in [3.8, 4) is 16.9 Å². The molecule has 0 radical (unpaired) electrons. The van der Waals surface area contributed by atoms with Crippen molar-refractivity contribution in [2.75, 3.05) is 5.73 Å². The van der Waals surface area contributed by atoms with Gasteiger partial charge in [-0.3, -0.25) is 4.79 Å². The van der Waals surface area contributed by atoms with Crippen LogP contribution >= 0.6 is 31.9 Å². The number of nitrogens with two attached hydrogens (primary N) is 1. The number of hydrogen-bond acceptors (Lipinski definition) is 5. The van der Waals surface area contributed by atoms with Crippen LogP contribution in [0.2, 0.25) is 0 Å². The van der Waals surface area contributed by atoms with Gasteiger partial charge in [0.05, 0.1) is 4.47 Å². The summed E-state index contributed by atoms with van der Waals surface area (Å²) in [4.78, 5) is 36.8. The van der Waals surface area contributed by atoms with Crippen LogP contribution in [0.25, 0.3) is 11.1 Å². The van der Waals surface area contributed by atoms with Gasteiger partial charge < -0.3 is 26.0 Å². The van der Waals surface area contributed by atoms with Gasteiger partial charge in [0.1, 0.15) is 22.7 Å². The molecule has 8 nitrogen and oxygen atoms in total. The van der Waals surface area contributed by atoms with Gasteiger partial charge in [0.15, 0.2) is 0 Å². The molecule has 10 heteroatoms. The summed E-state index contributed by atoms with van der Waals surface area (Å²) in [6, 6.07) is 2.51. The molecule has 0 aliphatic carbocycles. The summed E-state index contributed by atoms with van der Waals surface area (Å²) in [5.74, 6) is -3.91. The van der Waals surface area contributed by atoms with Crippen molar-refractivity contribution in [3.05, 3.63) is 42.6 Å². The van der Waals surface area contributed by atoms with E-state index in [2.05, 4.69) is 31.9 Å². The quantitative estimate of drug-likeness (QED) is 0.483. The van der Waals surface area contributed by atoms with Crippen molar-refractivity contribution in [3.63, 3.8) is 0 Å². The summed E-state index contributed by atoms with van der Waals surface area (Å²) in [7, 11) is 0. The molecule has 2 aromatic rings. The number of carboxylic acids is 2. The fraction of sp³-hybridized carbons (Fsp3) is 0.